The highest BCUT2D eigenvalue weighted by atomic mass is 35.5. The number of halogens is 2. The summed E-state index contributed by atoms with van der Waals surface area (Å²) in [5.41, 5.74) is 2.33. The van der Waals surface area contributed by atoms with Gasteiger partial charge in [0.25, 0.3) is 5.91 Å². The Morgan fingerprint density at radius 3 is 2.18 bits per heavy atom. The lowest BCUT2D eigenvalue weighted by atomic mass is 10.0. The summed E-state index contributed by atoms with van der Waals surface area (Å²) in [6.07, 6.45) is 0.336. The van der Waals surface area contributed by atoms with Crippen molar-refractivity contribution >= 4 is 35.0 Å². The zero-order valence-electron chi connectivity index (χ0n) is 22.6. The van der Waals surface area contributed by atoms with Crippen LogP contribution in [0.2, 0.25) is 10.0 Å². The fourth-order valence-corrected chi connectivity index (χ4v) is 4.49. The van der Waals surface area contributed by atoms with Crippen LogP contribution in [0.15, 0.2) is 72.8 Å². The standard InChI is InChI=1S/C31H36Cl2N2O3/c1-21(2)23-12-15-26(16-13-23)38-20-29(36)35(19-24-11-14-25(32)18-27(24)33)28(30(37)34-31(3,4)5)17-22-9-7-6-8-10-22/h6-16,18,21,28H,17,19-20H2,1-5H3,(H,34,37). The molecule has 0 spiro atoms. The number of hydrogen-bond donors (Lipinski definition) is 1. The van der Waals surface area contributed by atoms with Crippen molar-refractivity contribution in [2.75, 3.05) is 6.61 Å². The van der Waals surface area contributed by atoms with Gasteiger partial charge >= 0.3 is 0 Å². The summed E-state index contributed by atoms with van der Waals surface area (Å²) in [7, 11) is 0. The number of carbonyl (C=O) groups excluding carboxylic acids is 2. The molecule has 1 unspecified atom stereocenters. The summed E-state index contributed by atoms with van der Waals surface area (Å²) in [5.74, 6) is 0.409. The summed E-state index contributed by atoms with van der Waals surface area (Å²) >= 11 is 12.6. The molecule has 0 aliphatic carbocycles. The van der Waals surface area contributed by atoms with Gasteiger partial charge in [-0.1, -0.05) is 85.6 Å². The van der Waals surface area contributed by atoms with Gasteiger partial charge in [-0.15, -0.1) is 0 Å². The average Bonchev–Trinajstić information content (AvgIpc) is 2.85. The van der Waals surface area contributed by atoms with E-state index in [0.717, 1.165) is 5.56 Å². The van der Waals surface area contributed by atoms with Gasteiger partial charge in [-0.05, 0) is 67.6 Å². The Kier molecular flexibility index (Phi) is 10.2. The van der Waals surface area contributed by atoms with Gasteiger partial charge in [-0.3, -0.25) is 9.59 Å². The molecule has 1 atom stereocenters. The lowest BCUT2D eigenvalue weighted by molar-refractivity contribution is -0.143. The Morgan fingerprint density at radius 1 is 0.947 bits per heavy atom. The number of benzene rings is 3. The van der Waals surface area contributed by atoms with Crippen LogP contribution < -0.4 is 10.1 Å². The molecule has 0 aliphatic rings. The summed E-state index contributed by atoms with van der Waals surface area (Å²) in [5, 5.41) is 3.97. The third-order valence-electron chi connectivity index (χ3n) is 6.03. The highest BCUT2D eigenvalue weighted by Gasteiger charge is 2.32. The van der Waals surface area contributed by atoms with Gasteiger partial charge in [0.2, 0.25) is 5.91 Å². The van der Waals surface area contributed by atoms with Crippen LogP contribution in [0, 0.1) is 0 Å². The molecule has 0 fully saturated rings. The third kappa shape index (κ3) is 8.78. The highest BCUT2D eigenvalue weighted by Crippen LogP contribution is 2.25. The summed E-state index contributed by atoms with van der Waals surface area (Å²) in [4.78, 5) is 28.9. The number of nitrogens with zero attached hydrogens (tertiary/aromatic N) is 1. The van der Waals surface area contributed by atoms with Crippen LogP contribution in [0.5, 0.6) is 5.75 Å². The van der Waals surface area contributed by atoms with Crippen molar-refractivity contribution in [1.29, 1.82) is 0 Å². The van der Waals surface area contributed by atoms with Gasteiger partial charge in [-0.25, -0.2) is 0 Å². The van der Waals surface area contributed by atoms with Gasteiger partial charge in [0, 0.05) is 28.5 Å². The van der Waals surface area contributed by atoms with Gasteiger partial charge < -0.3 is 15.0 Å². The Balaban J connectivity index is 1.93. The van der Waals surface area contributed by atoms with Gasteiger partial charge in [0.1, 0.15) is 11.8 Å². The number of carbonyl (C=O) groups is 2. The molecule has 38 heavy (non-hydrogen) atoms. The molecule has 2 amide bonds. The average molecular weight is 556 g/mol. The molecule has 0 bridgehead atoms. The predicted molar refractivity (Wildman–Crippen MR) is 155 cm³/mol. The molecule has 3 aromatic rings. The largest absolute Gasteiger partial charge is 0.484 e. The van der Waals surface area contributed by atoms with E-state index in [-0.39, 0.29) is 25.0 Å². The molecule has 0 radical (unpaired) electrons. The smallest absolute Gasteiger partial charge is 0.261 e. The van der Waals surface area contributed by atoms with E-state index in [1.54, 1.807) is 23.1 Å². The van der Waals surface area contributed by atoms with Crippen molar-refractivity contribution in [3.63, 3.8) is 0 Å². The van der Waals surface area contributed by atoms with Crippen molar-refractivity contribution in [2.24, 2.45) is 0 Å². The van der Waals surface area contributed by atoms with Crippen molar-refractivity contribution in [2.45, 2.75) is 65.1 Å². The molecule has 0 aliphatic heterocycles. The van der Waals surface area contributed by atoms with E-state index in [0.29, 0.717) is 33.7 Å². The Morgan fingerprint density at radius 2 is 1.61 bits per heavy atom. The Labute approximate surface area is 236 Å². The van der Waals surface area contributed by atoms with Crippen molar-refractivity contribution in [3.8, 4) is 5.75 Å². The fraction of sp³-hybridized carbons (Fsp3) is 0.355. The van der Waals surface area contributed by atoms with Crippen molar-refractivity contribution in [1.82, 2.24) is 10.2 Å². The van der Waals surface area contributed by atoms with Crippen LogP contribution in [-0.2, 0) is 22.6 Å². The van der Waals surface area contributed by atoms with Gasteiger partial charge in [-0.2, -0.15) is 0 Å². The first-order chi connectivity index (χ1) is 17.9. The Hall–Kier alpha value is -3.02. The maximum Gasteiger partial charge on any atom is 0.261 e. The molecule has 0 saturated heterocycles. The lowest BCUT2D eigenvalue weighted by Crippen LogP contribution is -2.55. The van der Waals surface area contributed by atoms with Crippen LogP contribution in [0.1, 0.15) is 57.2 Å². The first-order valence-corrected chi connectivity index (χ1v) is 13.5. The van der Waals surface area contributed by atoms with Crippen LogP contribution in [0.4, 0.5) is 0 Å². The third-order valence-corrected chi connectivity index (χ3v) is 6.62. The molecule has 5 nitrogen and oxygen atoms in total. The molecule has 3 rings (SSSR count). The van der Waals surface area contributed by atoms with E-state index < -0.39 is 11.6 Å². The molecule has 1 N–H and O–H groups in total. The molecular formula is C31H36Cl2N2O3. The van der Waals surface area contributed by atoms with Gasteiger partial charge in [0.15, 0.2) is 6.61 Å². The van der Waals surface area contributed by atoms with Crippen LogP contribution >= 0.6 is 23.2 Å². The van der Waals surface area contributed by atoms with Crippen molar-refractivity contribution in [3.05, 3.63) is 99.5 Å². The minimum atomic E-state index is -0.789. The minimum absolute atomic E-state index is 0.125. The van der Waals surface area contributed by atoms with Crippen molar-refractivity contribution < 1.29 is 14.3 Å². The SMILES string of the molecule is CC(C)c1ccc(OCC(=O)N(Cc2ccc(Cl)cc2Cl)C(Cc2ccccc2)C(=O)NC(C)(C)C)cc1. The van der Waals surface area contributed by atoms with E-state index in [9.17, 15) is 9.59 Å². The zero-order chi connectivity index (χ0) is 27.9. The van der Waals surface area contributed by atoms with Crippen LogP contribution in [0.3, 0.4) is 0 Å². The molecule has 7 heteroatoms. The maximum atomic E-state index is 13.7. The van der Waals surface area contributed by atoms with E-state index in [1.807, 2.05) is 75.4 Å². The summed E-state index contributed by atoms with van der Waals surface area (Å²) in [6, 6.07) is 21.7. The monoisotopic (exact) mass is 554 g/mol. The van der Waals surface area contributed by atoms with E-state index in [2.05, 4.69) is 19.2 Å². The van der Waals surface area contributed by atoms with E-state index in [4.69, 9.17) is 27.9 Å². The first kappa shape index (κ1) is 29.5. The number of hydrogen-bond acceptors (Lipinski definition) is 3. The quantitative estimate of drug-likeness (QED) is 0.292. The predicted octanol–water partition coefficient (Wildman–Crippen LogP) is 7.05. The second-order valence-corrected chi connectivity index (χ2v) is 11.6. The van der Waals surface area contributed by atoms with E-state index >= 15 is 0 Å². The molecule has 3 aromatic carbocycles. The van der Waals surface area contributed by atoms with Gasteiger partial charge in [0.05, 0.1) is 0 Å². The lowest BCUT2D eigenvalue weighted by Gasteiger charge is -2.34. The minimum Gasteiger partial charge on any atom is -0.484 e. The second kappa shape index (κ2) is 13.2. The van der Waals surface area contributed by atoms with E-state index in [1.165, 1.54) is 5.56 Å². The fourth-order valence-electron chi connectivity index (χ4n) is 4.02. The van der Waals surface area contributed by atoms with Crippen LogP contribution in [-0.4, -0.2) is 34.9 Å². The zero-order valence-corrected chi connectivity index (χ0v) is 24.1. The Bertz CT molecular complexity index is 1220. The highest BCUT2D eigenvalue weighted by molar-refractivity contribution is 6.35. The maximum absolute atomic E-state index is 13.7. The number of amides is 2. The number of ether oxygens (including phenoxy) is 1. The second-order valence-electron chi connectivity index (χ2n) is 10.7. The first-order valence-electron chi connectivity index (χ1n) is 12.7. The summed E-state index contributed by atoms with van der Waals surface area (Å²) < 4.78 is 5.87. The summed E-state index contributed by atoms with van der Waals surface area (Å²) in [6.45, 7) is 9.88. The molecule has 0 saturated carbocycles. The number of nitrogens with one attached hydrogen (secondary N) is 1. The molecule has 202 valence electrons. The molecule has 0 aromatic heterocycles. The molecular weight excluding hydrogens is 519 g/mol. The molecule has 0 heterocycles. The topological polar surface area (TPSA) is 58.6 Å². The number of rotatable bonds is 10. The van der Waals surface area contributed by atoms with Crippen LogP contribution in [0.25, 0.3) is 0 Å². The normalized spacial score (nSPS) is 12.2.